The van der Waals surface area contributed by atoms with E-state index in [1.54, 1.807) is 7.11 Å². The number of nitrogens with zero attached hydrogens (tertiary/aromatic N) is 3. The van der Waals surface area contributed by atoms with Gasteiger partial charge in [0.15, 0.2) is 0 Å². The third-order valence-corrected chi connectivity index (χ3v) is 4.95. The van der Waals surface area contributed by atoms with Crippen LogP contribution in [0.4, 0.5) is 0 Å². The van der Waals surface area contributed by atoms with Crippen molar-refractivity contribution in [3.63, 3.8) is 0 Å². The van der Waals surface area contributed by atoms with Gasteiger partial charge in [-0.3, -0.25) is 4.79 Å². The molecule has 0 aliphatic carbocycles. The Balaban J connectivity index is 1.47. The number of carbonyl (C=O) groups is 1. The summed E-state index contributed by atoms with van der Waals surface area (Å²) in [5.41, 5.74) is 1.17. The maximum Gasteiger partial charge on any atom is 0.223 e. The van der Waals surface area contributed by atoms with Gasteiger partial charge in [-0.2, -0.15) is 0 Å². The minimum atomic E-state index is 0.188. The van der Waals surface area contributed by atoms with Crippen LogP contribution >= 0.6 is 0 Å². The molecule has 1 aliphatic rings. The van der Waals surface area contributed by atoms with E-state index in [0.29, 0.717) is 37.1 Å². The fourth-order valence-electron chi connectivity index (χ4n) is 3.40. The molecule has 1 aromatic carbocycles. The molecule has 26 heavy (non-hydrogen) atoms. The first-order chi connectivity index (χ1) is 12.7. The summed E-state index contributed by atoms with van der Waals surface area (Å²) in [6.45, 7) is 3.00. The molecule has 0 spiro atoms. The van der Waals surface area contributed by atoms with Crippen molar-refractivity contribution in [1.29, 1.82) is 0 Å². The van der Waals surface area contributed by atoms with Gasteiger partial charge in [-0.25, -0.2) is 0 Å². The van der Waals surface area contributed by atoms with E-state index in [1.165, 1.54) is 12.0 Å². The minimum absolute atomic E-state index is 0.188. The van der Waals surface area contributed by atoms with Gasteiger partial charge in [-0.15, -0.1) is 10.2 Å². The molecular formula is C20H27N3O3. The van der Waals surface area contributed by atoms with Crippen molar-refractivity contribution in [3.05, 3.63) is 41.6 Å². The lowest BCUT2D eigenvalue weighted by molar-refractivity contribution is -0.134. The molecule has 6 heteroatoms. The molecule has 2 heterocycles. The number of ether oxygens (including phenoxy) is 1. The van der Waals surface area contributed by atoms with Gasteiger partial charge in [0, 0.05) is 31.8 Å². The van der Waals surface area contributed by atoms with Crippen LogP contribution in [0, 0.1) is 0 Å². The molecule has 3 rings (SSSR count). The maximum absolute atomic E-state index is 12.4. The number of aryl methyl sites for hydroxylation is 3. The predicted octanol–water partition coefficient (Wildman–Crippen LogP) is 3.20. The number of rotatable bonds is 7. The summed E-state index contributed by atoms with van der Waals surface area (Å²) >= 11 is 0. The molecule has 0 radical (unpaired) electrons. The number of aromatic nitrogens is 2. The van der Waals surface area contributed by atoms with Crippen LogP contribution in [0.3, 0.4) is 0 Å². The van der Waals surface area contributed by atoms with Crippen LogP contribution in [-0.4, -0.2) is 40.7 Å². The van der Waals surface area contributed by atoms with Crippen molar-refractivity contribution in [3.8, 4) is 5.75 Å². The summed E-state index contributed by atoms with van der Waals surface area (Å²) in [6, 6.07) is 8.31. The molecule has 0 unspecified atom stereocenters. The van der Waals surface area contributed by atoms with E-state index in [-0.39, 0.29) is 5.91 Å². The number of methoxy groups -OCH3 is 1. The first-order valence-electron chi connectivity index (χ1n) is 9.39. The number of carbonyl (C=O) groups excluding carboxylic acids is 1. The molecule has 0 N–H and O–H groups in total. The molecule has 1 amide bonds. The molecule has 0 saturated carbocycles. The standard InChI is InChI=1S/C20H27N3O3/c1-15-6-3-4-13-23(15)20(24)12-11-19-22-21-18(26-19)10-9-16-7-5-8-17(14-16)25-2/h5,7-8,14-15H,3-4,6,9-13H2,1-2H3/t15-/m1/s1. The van der Waals surface area contributed by atoms with Gasteiger partial charge >= 0.3 is 0 Å². The second kappa shape index (κ2) is 8.83. The van der Waals surface area contributed by atoms with Crippen LogP contribution in [-0.2, 0) is 24.1 Å². The van der Waals surface area contributed by atoms with Crippen molar-refractivity contribution in [2.24, 2.45) is 0 Å². The Labute approximate surface area is 154 Å². The van der Waals surface area contributed by atoms with Crippen molar-refractivity contribution in [1.82, 2.24) is 15.1 Å². The van der Waals surface area contributed by atoms with Crippen LogP contribution in [0.15, 0.2) is 28.7 Å². The Kier molecular flexibility index (Phi) is 6.26. The van der Waals surface area contributed by atoms with Crippen molar-refractivity contribution >= 4 is 5.91 Å². The van der Waals surface area contributed by atoms with Crippen LogP contribution in [0.25, 0.3) is 0 Å². The molecule has 1 saturated heterocycles. The van der Waals surface area contributed by atoms with Crippen LogP contribution < -0.4 is 4.74 Å². The van der Waals surface area contributed by atoms with E-state index >= 15 is 0 Å². The monoisotopic (exact) mass is 357 g/mol. The third-order valence-electron chi connectivity index (χ3n) is 4.95. The Morgan fingerprint density at radius 3 is 2.81 bits per heavy atom. The molecular weight excluding hydrogens is 330 g/mol. The van der Waals surface area contributed by atoms with Gasteiger partial charge in [-0.05, 0) is 50.3 Å². The average molecular weight is 357 g/mol. The van der Waals surface area contributed by atoms with Crippen molar-refractivity contribution < 1.29 is 13.9 Å². The third kappa shape index (κ3) is 4.84. The van der Waals surface area contributed by atoms with E-state index in [2.05, 4.69) is 23.2 Å². The number of amides is 1. The fourth-order valence-corrected chi connectivity index (χ4v) is 3.40. The van der Waals surface area contributed by atoms with Gasteiger partial charge in [0.1, 0.15) is 5.75 Å². The predicted molar refractivity (Wildman–Crippen MR) is 98.0 cm³/mol. The Morgan fingerprint density at radius 1 is 1.23 bits per heavy atom. The highest BCUT2D eigenvalue weighted by Crippen LogP contribution is 2.18. The van der Waals surface area contributed by atoms with E-state index in [4.69, 9.17) is 9.15 Å². The van der Waals surface area contributed by atoms with Crippen LogP contribution in [0.5, 0.6) is 5.75 Å². The summed E-state index contributed by atoms with van der Waals surface area (Å²) in [6.07, 6.45) is 5.84. The zero-order valence-corrected chi connectivity index (χ0v) is 15.6. The average Bonchev–Trinajstić information content (AvgIpc) is 3.13. The molecule has 1 aliphatic heterocycles. The highest BCUT2D eigenvalue weighted by atomic mass is 16.5. The summed E-state index contributed by atoms with van der Waals surface area (Å²) in [7, 11) is 1.66. The summed E-state index contributed by atoms with van der Waals surface area (Å²) in [5.74, 6) is 2.19. The van der Waals surface area contributed by atoms with Gasteiger partial charge in [0.05, 0.1) is 7.11 Å². The summed E-state index contributed by atoms with van der Waals surface area (Å²) in [4.78, 5) is 14.4. The Bertz CT molecular complexity index is 729. The molecule has 2 aromatic rings. The minimum Gasteiger partial charge on any atom is -0.497 e. The van der Waals surface area contributed by atoms with E-state index < -0.39 is 0 Å². The quantitative estimate of drug-likeness (QED) is 0.761. The van der Waals surface area contributed by atoms with Gasteiger partial charge in [0.2, 0.25) is 17.7 Å². The Morgan fingerprint density at radius 2 is 2.04 bits per heavy atom. The topological polar surface area (TPSA) is 68.5 Å². The van der Waals surface area contributed by atoms with Crippen molar-refractivity contribution in [2.75, 3.05) is 13.7 Å². The number of hydrogen-bond donors (Lipinski definition) is 0. The van der Waals surface area contributed by atoms with Gasteiger partial charge in [-0.1, -0.05) is 12.1 Å². The normalized spacial score (nSPS) is 17.3. The van der Waals surface area contributed by atoms with E-state index in [9.17, 15) is 4.79 Å². The Hall–Kier alpha value is -2.37. The lowest BCUT2D eigenvalue weighted by Crippen LogP contribution is -2.42. The number of likely N-dealkylation sites (tertiary alicyclic amines) is 1. The summed E-state index contributed by atoms with van der Waals surface area (Å²) < 4.78 is 10.9. The van der Waals surface area contributed by atoms with Crippen LogP contribution in [0.1, 0.15) is 50.0 Å². The number of piperidine rings is 1. The highest BCUT2D eigenvalue weighted by Gasteiger charge is 2.23. The lowest BCUT2D eigenvalue weighted by Gasteiger charge is -2.33. The van der Waals surface area contributed by atoms with E-state index in [0.717, 1.165) is 31.6 Å². The molecule has 1 atom stereocenters. The molecule has 1 fully saturated rings. The molecule has 140 valence electrons. The fraction of sp³-hybridized carbons (Fsp3) is 0.550. The van der Waals surface area contributed by atoms with Gasteiger partial charge < -0.3 is 14.1 Å². The second-order valence-electron chi connectivity index (χ2n) is 6.87. The first-order valence-corrected chi connectivity index (χ1v) is 9.39. The summed E-state index contributed by atoms with van der Waals surface area (Å²) in [5, 5.41) is 8.19. The van der Waals surface area contributed by atoms with Crippen molar-refractivity contribution in [2.45, 2.75) is 57.9 Å². The zero-order valence-electron chi connectivity index (χ0n) is 15.6. The number of benzene rings is 1. The number of hydrogen-bond acceptors (Lipinski definition) is 5. The SMILES string of the molecule is COc1cccc(CCc2nnc(CCC(=O)N3CCCC[C@H]3C)o2)c1. The van der Waals surface area contributed by atoms with E-state index in [1.807, 2.05) is 23.1 Å². The van der Waals surface area contributed by atoms with Crippen LogP contribution in [0.2, 0.25) is 0 Å². The molecule has 6 nitrogen and oxygen atoms in total. The second-order valence-corrected chi connectivity index (χ2v) is 6.87. The smallest absolute Gasteiger partial charge is 0.223 e. The lowest BCUT2D eigenvalue weighted by atomic mass is 10.0. The zero-order chi connectivity index (χ0) is 18.4. The molecule has 0 bridgehead atoms. The molecule has 1 aromatic heterocycles. The van der Waals surface area contributed by atoms with Gasteiger partial charge in [0.25, 0.3) is 0 Å². The largest absolute Gasteiger partial charge is 0.497 e. The highest BCUT2D eigenvalue weighted by molar-refractivity contribution is 5.76. The first kappa shape index (κ1) is 18.4. The maximum atomic E-state index is 12.4.